The fourth-order valence-corrected chi connectivity index (χ4v) is 0.618. The Morgan fingerprint density at radius 2 is 1.35 bits per heavy atom. The van der Waals surface area contributed by atoms with E-state index < -0.39 is 38.8 Å². The maximum atomic E-state index is 9.90. The zero-order valence-electron chi connectivity index (χ0n) is 8.44. The molecule has 0 aliphatic heterocycles. The van der Waals surface area contributed by atoms with Gasteiger partial charge >= 0.3 is 7.82 Å². The molecule has 0 aromatic rings. The van der Waals surface area contributed by atoms with E-state index in [-0.39, 0.29) is 6.29 Å². The molecule has 0 aliphatic carbocycles. The van der Waals surface area contributed by atoms with Gasteiger partial charge in [-0.2, -0.15) is 0 Å². The number of hydrogen-bond donors (Lipinski definition) is 8. The molecule has 10 nitrogen and oxygen atoms in total. The smallest absolute Gasteiger partial charge is 0.394 e. The molecule has 17 heavy (non-hydrogen) atoms. The third-order valence-corrected chi connectivity index (χ3v) is 1.42. The van der Waals surface area contributed by atoms with E-state index in [1.54, 1.807) is 0 Å². The standard InChI is InChI=1S/C6H12O6.H3O4P/c7-1-3(9)5(11)6(12)4(10)2-8;1-5(2,3)4/h1,3-6,8-12H,2H2;(H3,1,2,3,4)/t3-,4+,5+,6+;/m0./s1. The van der Waals surface area contributed by atoms with Gasteiger partial charge in [0.2, 0.25) is 0 Å². The second-order valence-corrected chi connectivity index (χ2v) is 3.90. The van der Waals surface area contributed by atoms with Crippen LogP contribution in [0.1, 0.15) is 0 Å². The van der Waals surface area contributed by atoms with Gasteiger partial charge in [0.1, 0.15) is 24.4 Å². The molecule has 11 heteroatoms. The molecule has 0 aromatic heterocycles. The molecule has 0 heterocycles. The number of rotatable bonds is 5. The molecule has 0 fully saturated rings. The molecule has 8 N–H and O–H groups in total. The van der Waals surface area contributed by atoms with E-state index in [0.717, 1.165) is 0 Å². The van der Waals surface area contributed by atoms with Gasteiger partial charge in [0.05, 0.1) is 6.61 Å². The van der Waals surface area contributed by atoms with E-state index in [9.17, 15) is 4.79 Å². The summed E-state index contributed by atoms with van der Waals surface area (Å²) in [6, 6.07) is 0. The Bertz CT molecular complexity index is 243. The Morgan fingerprint density at radius 3 is 1.59 bits per heavy atom. The first-order valence-electron chi connectivity index (χ1n) is 4.11. The predicted octanol–water partition coefficient (Wildman–Crippen LogP) is -4.31. The zero-order chi connectivity index (χ0) is 14.2. The van der Waals surface area contributed by atoms with Gasteiger partial charge in [0.15, 0.2) is 6.29 Å². The summed E-state index contributed by atoms with van der Waals surface area (Å²) < 4.78 is 8.88. The molecule has 104 valence electrons. The molecule has 0 saturated heterocycles. The number of aldehydes is 1. The number of hydrogen-bond acceptors (Lipinski definition) is 7. The van der Waals surface area contributed by atoms with Crippen molar-refractivity contribution in [1.82, 2.24) is 0 Å². The second-order valence-electron chi connectivity index (χ2n) is 2.87. The molecule has 0 radical (unpaired) electrons. The first-order valence-corrected chi connectivity index (χ1v) is 5.67. The Labute approximate surface area is 95.6 Å². The summed E-state index contributed by atoms with van der Waals surface area (Å²) in [7, 11) is -4.64. The van der Waals surface area contributed by atoms with Crippen LogP contribution in [0, 0.1) is 0 Å². The first-order chi connectivity index (χ1) is 7.54. The van der Waals surface area contributed by atoms with Crippen molar-refractivity contribution in [3.8, 4) is 0 Å². The van der Waals surface area contributed by atoms with Crippen molar-refractivity contribution in [3.05, 3.63) is 0 Å². The van der Waals surface area contributed by atoms with Gasteiger partial charge in [0.25, 0.3) is 0 Å². The van der Waals surface area contributed by atoms with Crippen LogP contribution < -0.4 is 0 Å². The van der Waals surface area contributed by atoms with Crippen LogP contribution in [0.3, 0.4) is 0 Å². The minimum Gasteiger partial charge on any atom is -0.394 e. The van der Waals surface area contributed by atoms with Crippen LogP contribution in [-0.4, -0.2) is 77.5 Å². The van der Waals surface area contributed by atoms with Crippen LogP contribution in [0.25, 0.3) is 0 Å². The maximum absolute atomic E-state index is 9.90. The lowest BCUT2D eigenvalue weighted by Crippen LogP contribution is -2.46. The lowest BCUT2D eigenvalue weighted by molar-refractivity contribution is -0.136. The van der Waals surface area contributed by atoms with Gasteiger partial charge in [-0.25, -0.2) is 4.57 Å². The summed E-state index contributed by atoms with van der Waals surface area (Å²) in [5.74, 6) is 0. The topological polar surface area (TPSA) is 196 Å². The minimum absolute atomic E-state index is 0.0258. The predicted molar refractivity (Wildman–Crippen MR) is 51.4 cm³/mol. The SMILES string of the molecule is O=C[C@H](O)[C@@H](O)[C@H](O)[C@H](O)CO.O=P(O)(O)O. The van der Waals surface area contributed by atoms with Crippen LogP contribution in [0.15, 0.2) is 0 Å². The quantitative estimate of drug-likeness (QED) is 0.180. The number of aliphatic hydroxyl groups is 5. The fraction of sp³-hybridized carbons (Fsp3) is 0.833. The van der Waals surface area contributed by atoms with Gasteiger partial charge in [-0.05, 0) is 0 Å². The molecule has 0 saturated carbocycles. The van der Waals surface area contributed by atoms with E-state index in [0.29, 0.717) is 0 Å². The van der Waals surface area contributed by atoms with Crippen LogP contribution in [0.4, 0.5) is 0 Å². The molecule has 4 atom stereocenters. The zero-order valence-corrected chi connectivity index (χ0v) is 9.33. The van der Waals surface area contributed by atoms with Gasteiger partial charge in [-0.1, -0.05) is 0 Å². The Hall–Kier alpha value is -0.420. The van der Waals surface area contributed by atoms with E-state index in [1.807, 2.05) is 0 Å². The summed E-state index contributed by atoms with van der Waals surface area (Å²) >= 11 is 0. The van der Waals surface area contributed by atoms with Crippen molar-refractivity contribution in [1.29, 1.82) is 0 Å². The van der Waals surface area contributed by atoms with Crippen molar-refractivity contribution in [2.75, 3.05) is 6.61 Å². The number of phosphoric acid groups is 1. The monoisotopic (exact) mass is 278 g/mol. The van der Waals surface area contributed by atoms with Crippen molar-refractivity contribution >= 4 is 14.1 Å². The van der Waals surface area contributed by atoms with E-state index in [4.69, 9.17) is 44.8 Å². The average molecular weight is 278 g/mol. The van der Waals surface area contributed by atoms with Gasteiger partial charge in [0, 0.05) is 0 Å². The first kappa shape index (κ1) is 18.9. The Morgan fingerprint density at radius 1 is 1.00 bits per heavy atom. The van der Waals surface area contributed by atoms with Crippen LogP contribution in [0.5, 0.6) is 0 Å². The fourth-order valence-electron chi connectivity index (χ4n) is 0.618. The van der Waals surface area contributed by atoms with E-state index in [2.05, 4.69) is 0 Å². The Kier molecular flexibility index (Phi) is 9.62. The van der Waals surface area contributed by atoms with E-state index >= 15 is 0 Å². The highest BCUT2D eigenvalue weighted by atomic mass is 31.2. The normalized spacial score (nSPS) is 18.4. The minimum atomic E-state index is -4.64. The molecule has 0 unspecified atom stereocenters. The van der Waals surface area contributed by atoms with E-state index in [1.165, 1.54) is 0 Å². The highest BCUT2D eigenvalue weighted by Gasteiger charge is 2.29. The van der Waals surface area contributed by atoms with Gasteiger partial charge in [-0.15, -0.1) is 0 Å². The largest absolute Gasteiger partial charge is 0.466 e. The Balaban J connectivity index is 0. The van der Waals surface area contributed by atoms with Crippen LogP contribution in [-0.2, 0) is 9.36 Å². The van der Waals surface area contributed by atoms with Crippen molar-refractivity contribution in [2.45, 2.75) is 24.4 Å². The molecular weight excluding hydrogens is 263 g/mol. The molecule has 0 rings (SSSR count). The summed E-state index contributed by atoms with van der Waals surface area (Å²) in [5, 5.41) is 43.5. The molecule has 0 spiro atoms. The van der Waals surface area contributed by atoms with Crippen LogP contribution >= 0.6 is 7.82 Å². The summed E-state index contributed by atoms with van der Waals surface area (Å²) in [6.45, 7) is -0.760. The van der Waals surface area contributed by atoms with Crippen molar-refractivity contribution < 1.29 is 49.6 Å². The summed E-state index contributed by atoms with van der Waals surface area (Å²) in [6.07, 6.45) is -6.84. The summed E-state index contributed by atoms with van der Waals surface area (Å²) in [5.41, 5.74) is 0. The third kappa shape index (κ3) is 11.8. The number of carbonyl (C=O) groups is 1. The molecule has 0 aromatic carbocycles. The van der Waals surface area contributed by atoms with Gasteiger partial charge in [-0.3, -0.25) is 0 Å². The summed E-state index contributed by atoms with van der Waals surface area (Å²) in [4.78, 5) is 31.5. The maximum Gasteiger partial charge on any atom is 0.466 e. The van der Waals surface area contributed by atoms with Gasteiger partial charge < -0.3 is 45.0 Å². The lowest BCUT2D eigenvalue weighted by atomic mass is 10.0. The number of aliphatic hydroxyl groups excluding tert-OH is 5. The lowest BCUT2D eigenvalue weighted by Gasteiger charge is -2.22. The average Bonchev–Trinajstić information content (AvgIpc) is 2.22. The number of carbonyl (C=O) groups excluding carboxylic acids is 1. The van der Waals surface area contributed by atoms with Crippen molar-refractivity contribution in [2.24, 2.45) is 0 Å². The molecular formula is C6H15O10P. The van der Waals surface area contributed by atoms with Crippen molar-refractivity contribution in [3.63, 3.8) is 0 Å². The molecule has 0 amide bonds. The molecule has 0 bridgehead atoms. The second kappa shape index (κ2) is 8.64. The third-order valence-electron chi connectivity index (χ3n) is 1.42. The molecule has 0 aliphatic rings. The highest BCUT2D eigenvalue weighted by molar-refractivity contribution is 7.45. The highest BCUT2D eigenvalue weighted by Crippen LogP contribution is 2.25. The van der Waals surface area contributed by atoms with Crippen LogP contribution in [0.2, 0.25) is 0 Å².